The maximum Gasteiger partial charge on any atom is 0.242 e. The molecule has 2 aliphatic heterocycles. The Kier molecular flexibility index (Phi) is 2.56. The average Bonchev–Trinajstić information content (AvgIpc) is 2.28. The first kappa shape index (κ1) is 11.3. The first-order valence-electron chi connectivity index (χ1n) is 6.20. The molecule has 0 radical (unpaired) electrons. The zero-order chi connectivity index (χ0) is 12.0. The van der Waals surface area contributed by atoms with Gasteiger partial charge in [-0.1, -0.05) is 6.08 Å². The lowest BCUT2D eigenvalue weighted by Gasteiger charge is -2.42. The van der Waals surface area contributed by atoms with E-state index in [2.05, 4.69) is 17.1 Å². The Balaban J connectivity index is 2.07. The van der Waals surface area contributed by atoms with E-state index < -0.39 is 10.0 Å². The van der Waals surface area contributed by atoms with Crippen molar-refractivity contribution in [1.82, 2.24) is 9.21 Å². The van der Waals surface area contributed by atoms with Crippen molar-refractivity contribution in [3.8, 4) is 0 Å². The van der Waals surface area contributed by atoms with Gasteiger partial charge in [0, 0.05) is 25.3 Å². The molecule has 4 nitrogen and oxygen atoms in total. The van der Waals surface area contributed by atoms with Crippen LogP contribution in [0.3, 0.4) is 0 Å². The second-order valence-corrected chi connectivity index (χ2v) is 7.15. The van der Waals surface area contributed by atoms with Gasteiger partial charge in [0.25, 0.3) is 0 Å². The molecule has 2 heterocycles. The van der Waals surface area contributed by atoms with Crippen LogP contribution in [0.2, 0.25) is 0 Å². The second kappa shape index (κ2) is 3.85. The quantitative estimate of drug-likeness (QED) is 0.646. The van der Waals surface area contributed by atoms with E-state index in [-0.39, 0.29) is 5.25 Å². The SMILES string of the molecule is CN1CCN2C(=CC3=CCCCC3S2(=O)=O)C1. The van der Waals surface area contributed by atoms with Crippen molar-refractivity contribution in [1.29, 1.82) is 0 Å². The Hall–Kier alpha value is -0.810. The molecule has 0 spiro atoms. The van der Waals surface area contributed by atoms with Crippen LogP contribution in [0.4, 0.5) is 0 Å². The van der Waals surface area contributed by atoms with Gasteiger partial charge in [0.15, 0.2) is 0 Å². The van der Waals surface area contributed by atoms with E-state index in [1.54, 1.807) is 4.31 Å². The number of hydrogen-bond acceptors (Lipinski definition) is 3. The van der Waals surface area contributed by atoms with E-state index >= 15 is 0 Å². The summed E-state index contributed by atoms with van der Waals surface area (Å²) < 4.78 is 26.7. The molecule has 0 N–H and O–H groups in total. The van der Waals surface area contributed by atoms with Crippen LogP contribution in [0, 0.1) is 0 Å². The van der Waals surface area contributed by atoms with Crippen molar-refractivity contribution in [2.75, 3.05) is 26.7 Å². The first-order chi connectivity index (χ1) is 8.09. The van der Waals surface area contributed by atoms with Crippen LogP contribution in [-0.2, 0) is 10.0 Å². The summed E-state index contributed by atoms with van der Waals surface area (Å²) in [5, 5.41) is -0.275. The molecule has 0 aromatic rings. The standard InChI is InChI=1S/C12H18N2O2S/c1-13-6-7-14-11(9-13)8-10-4-2-3-5-12(10)17(14,15)16/h4,8,12H,2-3,5-7,9H2,1H3. The van der Waals surface area contributed by atoms with E-state index in [4.69, 9.17) is 0 Å². The van der Waals surface area contributed by atoms with Gasteiger partial charge in [-0.05, 0) is 38.0 Å². The third-order valence-electron chi connectivity index (χ3n) is 3.86. The number of allylic oxidation sites excluding steroid dienone is 2. The van der Waals surface area contributed by atoms with Crippen molar-refractivity contribution in [3.05, 3.63) is 23.4 Å². The molecular weight excluding hydrogens is 236 g/mol. The summed E-state index contributed by atoms with van der Waals surface area (Å²) in [5.41, 5.74) is 1.97. The van der Waals surface area contributed by atoms with Crippen LogP contribution in [0.1, 0.15) is 19.3 Å². The zero-order valence-corrected chi connectivity index (χ0v) is 10.9. The van der Waals surface area contributed by atoms with Crippen LogP contribution >= 0.6 is 0 Å². The molecule has 3 aliphatic rings. The van der Waals surface area contributed by atoms with E-state index in [1.165, 1.54) is 0 Å². The molecule has 0 saturated carbocycles. The van der Waals surface area contributed by atoms with Crippen LogP contribution in [-0.4, -0.2) is 49.6 Å². The van der Waals surface area contributed by atoms with Crippen molar-refractivity contribution >= 4 is 10.0 Å². The van der Waals surface area contributed by atoms with Gasteiger partial charge in [-0.15, -0.1) is 0 Å². The average molecular weight is 254 g/mol. The van der Waals surface area contributed by atoms with Gasteiger partial charge in [0.2, 0.25) is 10.0 Å². The Morgan fingerprint density at radius 3 is 3.00 bits per heavy atom. The lowest BCUT2D eigenvalue weighted by Crippen LogP contribution is -2.51. The van der Waals surface area contributed by atoms with Crippen molar-refractivity contribution < 1.29 is 8.42 Å². The molecule has 0 amide bonds. The van der Waals surface area contributed by atoms with Gasteiger partial charge >= 0.3 is 0 Å². The second-order valence-electron chi connectivity index (χ2n) is 5.11. The Morgan fingerprint density at radius 1 is 1.35 bits per heavy atom. The minimum atomic E-state index is -3.14. The van der Waals surface area contributed by atoms with E-state index in [0.29, 0.717) is 6.54 Å². The van der Waals surface area contributed by atoms with Crippen LogP contribution < -0.4 is 0 Å². The van der Waals surface area contributed by atoms with Crippen LogP contribution in [0.25, 0.3) is 0 Å². The molecule has 17 heavy (non-hydrogen) atoms. The monoisotopic (exact) mass is 254 g/mol. The first-order valence-corrected chi connectivity index (χ1v) is 7.70. The molecule has 1 atom stereocenters. The smallest absolute Gasteiger partial charge is 0.242 e. The van der Waals surface area contributed by atoms with Crippen molar-refractivity contribution in [2.45, 2.75) is 24.5 Å². The number of hydrogen-bond donors (Lipinski definition) is 0. The highest BCUT2D eigenvalue weighted by molar-refractivity contribution is 7.90. The summed E-state index contributed by atoms with van der Waals surface area (Å²) in [6.07, 6.45) is 6.99. The molecule has 0 aromatic carbocycles. The van der Waals surface area contributed by atoms with Gasteiger partial charge in [-0.2, -0.15) is 0 Å². The van der Waals surface area contributed by atoms with Gasteiger partial charge in [0.1, 0.15) is 5.25 Å². The maximum atomic E-state index is 12.5. The third kappa shape index (κ3) is 1.72. The maximum absolute atomic E-state index is 12.5. The van der Waals surface area contributed by atoms with Crippen LogP contribution in [0.15, 0.2) is 23.4 Å². The van der Waals surface area contributed by atoms with Crippen molar-refractivity contribution in [3.63, 3.8) is 0 Å². The summed E-state index contributed by atoms with van der Waals surface area (Å²) in [6, 6.07) is 0. The van der Waals surface area contributed by atoms with Crippen LogP contribution in [0.5, 0.6) is 0 Å². The summed E-state index contributed by atoms with van der Waals surface area (Å²) in [4.78, 5) is 2.17. The summed E-state index contributed by atoms with van der Waals surface area (Å²) in [6.45, 7) is 2.17. The fourth-order valence-electron chi connectivity index (χ4n) is 2.94. The van der Waals surface area contributed by atoms with Gasteiger partial charge in [-0.3, -0.25) is 9.21 Å². The lowest BCUT2D eigenvalue weighted by atomic mass is 9.97. The molecule has 3 rings (SSSR count). The molecule has 1 fully saturated rings. The number of sulfonamides is 1. The minimum Gasteiger partial charge on any atom is -0.299 e. The Bertz CT molecular complexity index is 493. The number of fused-ring (bicyclic) bond motifs is 2. The fourth-order valence-corrected chi connectivity index (χ4v) is 4.99. The highest BCUT2D eigenvalue weighted by Crippen LogP contribution is 2.35. The summed E-state index contributed by atoms with van der Waals surface area (Å²) in [5.74, 6) is 0. The van der Waals surface area contributed by atoms with Gasteiger partial charge < -0.3 is 0 Å². The van der Waals surface area contributed by atoms with Gasteiger partial charge in [-0.25, -0.2) is 8.42 Å². The molecular formula is C12H18N2O2S. The van der Waals surface area contributed by atoms with Crippen molar-refractivity contribution in [2.24, 2.45) is 0 Å². The number of likely N-dealkylation sites (N-methyl/N-ethyl adjacent to an activating group) is 1. The molecule has 0 aromatic heterocycles. The molecule has 94 valence electrons. The zero-order valence-electron chi connectivity index (χ0n) is 10.1. The topological polar surface area (TPSA) is 40.6 Å². The predicted octanol–water partition coefficient (Wildman–Crippen LogP) is 0.940. The summed E-state index contributed by atoms with van der Waals surface area (Å²) >= 11 is 0. The minimum absolute atomic E-state index is 0.275. The highest BCUT2D eigenvalue weighted by Gasteiger charge is 2.41. The summed E-state index contributed by atoms with van der Waals surface area (Å²) in [7, 11) is -1.10. The molecule has 1 saturated heterocycles. The fraction of sp³-hybridized carbons (Fsp3) is 0.667. The number of piperazine rings is 1. The molecule has 1 aliphatic carbocycles. The predicted molar refractivity (Wildman–Crippen MR) is 66.9 cm³/mol. The molecule has 5 heteroatoms. The van der Waals surface area contributed by atoms with E-state index in [0.717, 1.165) is 43.6 Å². The third-order valence-corrected chi connectivity index (χ3v) is 6.12. The Morgan fingerprint density at radius 2 is 2.18 bits per heavy atom. The number of nitrogens with zero attached hydrogens (tertiary/aromatic N) is 2. The molecule has 0 bridgehead atoms. The van der Waals surface area contributed by atoms with E-state index in [1.807, 2.05) is 7.05 Å². The van der Waals surface area contributed by atoms with Gasteiger partial charge in [0.05, 0.1) is 0 Å². The molecule has 1 unspecified atom stereocenters. The van der Waals surface area contributed by atoms with E-state index in [9.17, 15) is 8.42 Å². The number of rotatable bonds is 0. The lowest BCUT2D eigenvalue weighted by molar-refractivity contribution is 0.261. The highest BCUT2D eigenvalue weighted by atomic mass is 32.2. The Labute approximate surface area is 103 Å². The largest absolute Gasteiger partial charge is 0.299 e. The normalized spacial score (nSPS) is 32.3.